The van der Waals surface area contributed by atoms with Crippen LogP contribution in [-0.2, 0) is 0 Å². The topological polar surface area (TPSA) is 56.3 Å². The zero-order valence-electron chi connectivity index (χ0n) is 13.9. The van der Waals surface area contributed by atoms with Crippen molar-refractivity contribution < 1.29 is 9.90 Å². The van der Waals surface area contributed by atoms with E-state index in [4.69, 9.17) is 5.11 Å². The van der Waals surface area contributed by atoms with Crippen LogP contribution in [0.25, 0.3) is 10.9 Å². The predicted molar refractivity (Wildman–Crippen MR) is 90.1 cm³/mol. The average Bonchev–Trinajstić information content (AvgIpc) is 2.84. The van der Waals surface area contributed by atoms with Crippen LogP contribution in [0.3, 0.4) is 0 Å². The van der Waals surface area contributed by atoms with Crippen molar-refractivity contribution in [3.63, 3.8) is 0 Å². The minimum atomic E-state index is -0.00257. The van der Waals surface area contributed by atoms with Crippen LogP contribution in [-0.4, -0.2) is 40.6 Å². The van der Waals surface area contributed by atoms with Gasteiger partial charge in [-0.2, -0.15) is 0 Å². The van der Waals surface area contributed by atoms with Crippen molar-refractivity contribution >= 4 is 16.8 Å². The molecule has 0 saturated carbocycles. The Labute approximate surface area is 132 Å². The predicted octanol–water partition coefficient (Wildman–Crippen LogP) is 3.35. The van der Waals surface area contributed by atoms with Crippen molar-refractivity contribution in [2.45, 2.75) is 34.1 Å². The van der Waals surface area contributed by atoms with Crippen molar-refractivity contribution in [3.8, 4) is 0 Å². The summed E-state index contributed by atoms with van der Waals surface area (Å²) in [5, 5.41) is 10.1. The van der Waals surface area contributed by atoms with Crippen LogP contribution in [0.4, 0.5) is 0 Å². The number of carbonyl (C=O) groups is 1. The molecule has 0 aliphatic heterocycles. The molecule has 22 heavy (non-hydrogen) atoms. The second-order valence-electron chi connectivity index (χ2n) is 7.14. The molecule has 0 bridgehead atoms. The minimum absolute atomic E-state index is 0.00257. The van der Waals surface area contributed by atoms with Gasteiger partial charge in [0.15, 0.2) is 0 Å². The summed E-state index contributed by atoms with van der Waals surface area (Å²) in [4.78, 5) is 17.8. The van der Waals surface area contributed by atoms with Gasteiger partial charge in [0.25, 0.3) is 5.91 Å². The molecule has 1 aromatic heterocycles. The zero-order valence-corrected chi connectivity index (χ0v) is 13.9. The van der Waals surface area contributed by atoms with Crippen molar-refractivity contribution in [2.24, 2.45) is 5.41 Å². The van der Waals surface area contributed by atoms with Gasteiger partial charge in [-0.15, -0.1) is 0 Å². The first kappa shape index (κ1) is 16.6. The van der Waals surface area contributed by atoms with E-state index in [1.807, 2.05) is 36.1 Å². The molecule has 2 rings (SSSR count). The number of hydrogen-bond acceptors (Lipinski definition) is 2. The van der Waals surface area contributed by atoms with E-state index >= 15 is 0 Å². The van der Waals surface area contributed by atoms with Gasteiger partial charge in [0.05, 0.1) is 0 Å². The Bertz CT molecular complexity index is 653. The molecule has 0 aliphatic rings. The molecule has 4 nitrogen and oxygen atoms in total. The number of nitrogens with zero attached hydrogens (tertiary/aromatic N) is 1. The Morgan fingerprint density at radius 1 is 1.27 bits per heavy atom. The Morgan fingerprint density at radius 2 is 2.00 bits per heavy atom. The average molecular weight is 302 g/mol. The van der Waals surface area contributed by atoms with E-state index in [1.54, 1.807) is 0 Å². The number of aryl methyl sites for hydroxylation is 1. The first-order valence-corrected chi connectivity index (χ1v) is 7.80. The SMILES string of the molecule is Cc1ccc2cc(C(=O)N(CCCO)CC(C)(C)C)[nH]c2c1. The number of fused-ring (bicyclic) bond motifs is 1. The van der Waals surface area contributed by atoms with Crippen LogP contribution < -0.4 is 0 Å². The molecule has 1 amide bonds. The maximum Gasteiger partial charge on any atom is 0.270 e. The number of benzene rings is 1. The van der Waals surface area contributed by atoms with Crippen molar-refractivity contribution in [1.82, 2.24) is 9.88 Å². The Morgan fingerprint density at radius 3 is 2.64 bits per heavy atom. The number of aromatic nitrogens is 1. The van der Waals surface area contributed by atoms with Gasteiger partial charge < -0.3 is 15.0 Å². The molecule has 2 aromatic rings. The van der Waals surface area contributed by atoms with Gasteiger partial charge in [0.2, 0.25) is 0 Å². The van der Waals surface area contributed by atoms with E-state index < -0.39 is 0 Å². The highest BCUT2D eigenvalue weighted by Crippen LogP contribution is 2.21. The van der Waals surface area contributed by atoms with Crippen molar-refractivity contribution in [2.75, 3.05) is 19.7 Å². The first-order chi connectivity index (χ1) is 10.3. The molecule has 0 fully saturated rings. The number of rotatable bonds is 5. The molecule has 120 valence electrons. The Hall–Kier alpha value is -1.81. The summed E-state index contributed by atoms with van der Waals surface area (Å²) in [6.45, 7) is 9.71. The number of H-pyrrole nitrogens is 1. The fourth-order valence-electron chi connectivity index (χ4n) is 2.61. The third-order valence-corrected chi connectivity index (χ3v) is 3.55. The van der Waals surface area contributed by atoms with Crippen LogP contribution >= 0.6 is 0 Å². The maximum atomic E-state index is 12.8. The maximum absolute atomic E-state index is 12.8. The normalized spacial score (nSPS) is 11.9. The summed E-state index contributed by atoms with van der Waals surface area (Å²) in [6.07, 6.45) is 0.598. The van der Waals surface area contributed by atoms with Crippen LogP contribution in [0.2, 0.25) is 0 Å². The fraction of sp³-hybridized carbons (Fsp3) is 0.500. The fourth-order valence-corrected chi connectivity index (χ4v) is 2.61. The summed E-state index contributed by atoms with van der Waals surface area (Å²) in [5.41, 5.74) is 2.79. The number of hydrogen-bond donors (Lipinski definition) is 2. The lowest BCUT2D eigenvalue weighted by molar-refractivity contribution is 0.0677. The van der Waals surface area contributed by atoms with Crippen LogP contribution in [0.15, 0.2) is 24.3 Å². The summed E-state index contributed by atoms with van der Waals surface area (Å²) in [6, 6.07) is 8.03. The highest BCUT2D eigenvalue weighted by molar-refractivity contribution is 5.98. The second-order valence-corrected chi connectivity index (χ2v) is 7.14. The quantitative estimate of drug-likeness (QED) is 0.890. The van der Waals surface area contributed by atoms with E-state index in [0.717, 1.165) is 10.9 Å². The number of aliphatic hydroxyl groups is 1. The lowest BCUT2D eigenvalue weighted by atomic mass is 9.96. The zero-order chi connectivity index (χ0) is 16.3. The van der Waals surface area contributed by atoms with Crippen LogP contribution in [0.1, 0.15) is 43.2 Å². The monoisotopic (exact) mass is 302 g/mol. The Balaban J connectivity index is 2.26. The van der Waals surface area contributed by atoms with Gasteiger partial charge in [0, 0.05) is 30.6 Å². The van der Waals surface area contributed by atoms with Crippen molar-refractivity contribution in [1.29, 1.82) is 0 Å². The highest BCUT2D eigenvalue weighted by Gasteiger charge is 2.23. The van der Waals surface area contributed by atoms with E-state index in [0.29, 0.717) is 25.2 Å². The molecule has 0 radical (unpaired) electrons. The molecule has 1 aromatic carbocycles. The van der Waals surface area contributed by atoms with Gasteiger partial charge in [-0.1, -0.05) is 32.9 Å². The van der Waals surface area contributed by atoms with E-state index in [9.17, 15) is 4.79 Å². The third-order valence-electron chi connectivity index (χ3n) is 3.55. The molecule has 0 saturated heterocycles. The summed E-state index contributed by atoms with van der Waals surface area (Å²) in [5.74, 6) is -0.00257. The molecule has 0 spiro atoms. The number of aliphatic hydroxyl groups excluding tert-OH is 1. The smallest absolute Gasteiger partial charge is 0.270 e. The lowest BCUT2D eigenvalue weighted by Gasteiger charge is -2.29. The van der Waals surface area contributed by atoms with E-state index in [-0.39, 0.29) is 17.9 Å². The summed E-state index contributed by atoms with van der Waals surface area (Å²) < 4.78 is 0. The Kier molecular flexibility index (Phi) is 4.91. The van der Waals surface area contributed by atoms with Gasteiger partial charge in [-0.3, -0.25) is 4.79 Å². The molecule has 2 N–H and O–H groups in total. The molecular weight excluding hydrogens is 276 g/mol. The molecule has 0 atom stereocenters. The third kappa shape index (κ3) is 4.10. The van der Waals surface area contributed by atoms with Gasteiger partial charge in [-0.25, -0.2) is 0 Å². The van der Waals surface area contributed by atoms with Gasteiger partial charge >= 0.3 is 0 Å². The summed E-state index contributed by atoms with van der Waals surface area (Å²) >= 11 is 0. The lowest BCUT2D eigenvalue weighted by Crippen LogP contribution is -2.38. The molecule has 1 heterocycles. The standard InChI is InChI=1S/C18H26N2O2/c1-13-6-7-14-11-16(19-15(14)10-13)17(22)20(8-5-9-21)12-18(2,3)4/h6-7,10-11,19,21H,5,8-9,12H2,1-4H3. The molecule has 4 heteroatoms. The van der Waals surface area contributed by atoms with Crippen LogP contribution in [0.5, 0.6) is 0 Å². The molecule has 0 unspecified atom stereocenters. The van der Waals surface area contributed by atoms with Crippen molar-refractivity contribution in [3.05, 3.63) is 35.5 Å². The minimum Gasteiger partial charge on any atom is -0.396 e. The highest BCUT2D eigenvalue weighted by atomic mass is 16.3. The second kappa shape index (κ2) is 6.53. The first-order valence-electron chi connectivity index (χ1n) is 7.80. The summed E-state index contributed by atoms with van der Waals surface area (Å²) in [7, 11) is 0. The van der Waals surface area contributed by atoms with Gasteiger partial charge in [-0.05, 0) is 36.5 Å². The van der Waals surface area contributed by atoms with Gasteiger partial charge in [0.1, 0.15) is 5.69 Å². The molecule has 0 aliphatic carbocycles. The van der Waals surface area contributed by atoms with E-state index in [1.165, 1.54) is 5.56 Å². The largest absolute Gasteiger partial charge is 0.396 e. The number of amides is 1. The van der Waals surface area contributed by atoms with Crippen LogP contribution in [0, 0.1) is 12.3 Å². The number of carbonyl (C=O) groups excluding carboxylic acids is 1. The van der Waals surface area contributed by atoms with E-state index in [2.05, 4.69) is 25.8 Å². The molecular formula is C18H26N2O2. The number of aromatic amines is 1. The number of nitrogens with one attached hydrogen (secondary N) is 1.